The van der Waals surface area contributed by atoms with Crippen LogP contribution in [0, 0.1) is 0 Å². The monoisotopic (exact) mass is 306 g/mol. The number of amides is 1. The van der Waals surface area contributed by atoms with Crippen LogP contribution in [0.15, 0.2) is 23.1 Å². The molecule has 1 aliphatic rings. The molecule has 7 nitrogen and oxygen atoms in total. The van der Waals surface area contributed by atoms with Gasteiger partial charge >= 0.3 is 6.09 Å². The fraction of sp³-hybridized carbons (Fsp3) is 0.231. The van der Waals surface area contributed by atoms with Gasteiger partial charge in [-0.3, -0.25) is 4.79 Å². The molecular formula is C13H11ClN4O3. The van der Waals surface area contributed by atoms with Crippen LogP contribution >= 0.6 is 11.6 Å². The summed E-state index contributed by atoms with van der Waals surface area (Å²) in [6.07, 6.45) is 0.907. The van der Waals surface area contributed by atoms with Gasteiger partial charge in [0.1, 0.15) is 11.0 Å². The van der Waals surface area contributed by atoms with Gasteiger partial charge in [-0.1, -0.05) is 11.6 Å². The number of carboxylic acid groups (broad SMARTS) is 1. The first-order valence-electron chi connectivity index (χ1n) is 6.26. The van der Waals surface area contributed by atoms with Crippen LogP contribution in [-0.2, 0) is 13.0 Å². The summed E-state index contributed by atoms with van der Waals surface area (Å²) >= 11 is 5.73. The minimum atomic E-state index is -1.04. The normalized spacial score (nSPS) is 13.9. The largest absolute Gasteiger partial charge is 0.465 e. The summed E-state index contributed by atoms with van der Waals surface area (Å²) < 4.78 is 0. The van der Waals surface area contributed by atoms with Crippen molar-refractivity contribution < 1.29 is 9.90 Å². The molecule has 0 saturated carbocycles. The van der Waals surface area contributed by atoms with E-state index in [2.05, 4.69) is 15.0 Å². The zero-order chi connectivity index (χ0) is 15.0. The van der Waals surface area contributed by atoms with E-state index in [0.29, 0.717) is 40.8 Å². The molecule has 0 fully saturated rings. The van der Waals surface area contributed by atoms with E-state index in [-0.39, 0.29) is 12.1 Å². The van der Waals surface area contributed by atoms with Crippen LogP contribution in [-0.4, -0.2) is 37.6 Å². The molecule has 8 heteroatoms. The second-order valence-electron chi connectivity index (χ2n) is 4.66. The molecule has 0 aromatic carbocycles. The van der Waals surface area contributed by atoms with Crippen molar-refractivity contribution in [2.45, 2.75) is 13.0 Å². The third-order valence-corrected chi connectivity index (χ3v) is 3.56. The van der Waals surface area contributed by atoms with Crippen molar-refractivity contribution in [3.05, 3.63) is 45.1 Å². The fourth-order valence-electron chi connectivity index (χ4n) is 2.24. The molecule has 2 aromatic heterocycles. The van der Waals surface area contributed by atoms with Crippen molar-refractivity contribution in [1.82, 2.24) is 19.9 Å². The highest BCUT2D eigenvalue weighted by Crippen LogP contribution is 2.19. The molecule has 3 heterocycles. The number of nitrogens with one attached hydrogen (secondary N) is 1. The van der Waals surface area contributed by atoms with Gasteiger partial charge in [-0.05, 0) is 12.1 Å². The first-order valence-corrected chi connectivity index (χ1v) is 6.64. The highest BCUT2D eigenvalue weighted by molar-refractivity contribution is 6.29. The van der Waals surface area contributed by atoms with Gasteiger partial charge in [0.2, 0.25) is 0 Å². The molecule has 0 saturated heterocycles. The lowest BCUT2D eigenvalue weighted by molar-refractivity contribution is 0.139. The first-order chi connectivity index (χ1) is 10.0. The SMILES string of the molecule is O=C(O)N1CCc2nc(-c3ccc(Cl)nc3)[nH]c(=O)c2C1. The Bertz CT molecular complexity index is 757. The third-order valence-electron chi connectivity index (χ3n) is 3.34. The number of aromatic amines is 1. The van der Waals surface area contributed by atoms with E-state index in [9.17, 15) is 9.59 Å². The zero-order valence-electron chi connectivity index (χ0n) is 10.8. The van der Waals surface area contributed by atoms with E-state index in [0.717, 1.165) is 0 Å². The smallest absolute Gasteiger partial charge is 0.407 e. The van der Waals surface area contributed by atoms with Crippen LogP contribution in [0.1, 0.15) is 11.3 Å². The average Bonchev–Trinajstić information content (AvgIpc) is 2.47. The fourth-order valence-corrected chi connectivity index (χ4v) is 2.35. The molecule has 21 heavy (non-hydrogen) atoms. The van der Waals surface area contributed by atoms with Crippen molar-refractivity contribution in [2.75, 3.05) is 6.54 Å². The molecule has 108 valence electrons. The molecule has 0 spiro atoms. The van der Waals surface area contributed by atoms with E-state index < -0.39 is 6.09 Å². The Morgan fingerprint density at radius 1 is 1.43 bits per heavy atom. The topological polar surface area (TPSA) is 99.2 Å². The Morgan fingerprint density at radius 3 is 2.90 bits per heavy atom. The van der Waals surface area contributed by atoms with Gasteiger partial charge in [-0.25, -0.2) is 14.8 Å². The molecule has 2 N–H and O–H groups in total. The number of aromatic nitrogens is 3. The minimum absolute atomic E-state index is 0.0617. The van der Waals surface area contributed by atoms with Crippen LogP contribution < -0.4 is 5.56 Å². The number of H-pyrrole nitrogens is 1. The maximum Gasteiger partial charge on any atom is 0.407 e. The van der Waals surface area contributed by atoms with Gasteiger partial charge in [-0.2, -0.15) is 0 Å². The summed E-state index contributed by atoms with van der Waals surface area (Å²) in [7, 11) is 0. The van der Waals surface area contributed by atoms with Gasteiger partial charge in [0.15, 0.2) is 0 Å². The molecule has 0 radical (unpaired) electrons. The van der Waals surface area contributed by atoms with Crippen LogP contribution in [0.3, 0.4) is 0 Å². The summed E-state index contributed by atoms with van der Waals surface area (Å²) in [6, 6.07) is 3.33. The Hall–Kier alpha value is -2.41. The van der Waals surface area contributed by atoms with Crippen LogP contribution in [0.2, 0.25) is 5.15 Å². The predicted molar refractivity (Wildman–Crippen MR) is 75.2 cm³/mol. The van der Waals surface area contributed by atoms with E-state index in [1.165, 1.54) is 11.1 Å². The van der Waals surface area contributed by atoms with Gasteiger partial charge in [0.05, 0.1) is 17.8 Å². The zero-order valence-corrected chi connectivity index (χ0v) is 11.6. The van der Waals surface area contributed by atoms with E-state index in [1.54, 1.807) is 12.1 Å². The molecule has 0 atom stereocenters. The lowest BCUT2D eigenvalue weighted by Gasteiger charge is -2.25. The molecule has 1 amide bonds. The predicted octanol–water partition coefficient (Wildman–Crippen LogP) is 1.52. The number of rotatable bonds is 1. The second-order valence-corrected chi connectivity index (χ2v) is 5.05. The summed E-state index contributed by atoms with van der Waals surface area (Å²) in [4.78, 5) is 35.3. The second kappa shape index (κ2) is 5.17. The van der Waals surface area contributed by atoms with Gasteiger partial charge in [0, 0.05) is 24.7 Å². The number of pyridine rings is 1. The van der Waals surface area contributed by atoms with Crippen molar-refractivity contribution in [1.29, 1.82) is 0 Å². The molecule has 0 aliphatic carbocycles. The lowest BCUT2D eigenvalue weighted by Crippen LogP contribution is -2.38. The number of hydrogen-bond donors (Lipinski definition) is 2. The summed E-state index contributed by atoms with van der Waals surface area (Å²) in [5.41, 5.74) is 1.35. The maximum absolute atomic E-state index is 12.1. The van der Waals surface area contributed by atoms with Gasteiger partial charge in [-0.15, -0.1) is 0 Å². The van der Waals surface area contributed by atoms with Crippen molar-refractivity contribution in [2.24, 2.45) is 0 Å². The van der Waals surface area contributed by atoms with Crippen LogP contribution in [0.25, 0.3) is 11.4 Å². The van der Waals surface area contributed by atoms with Crippen molar-refractivity contribution >= 4 is 17.7 Å². The Balaban J connectivity index is 2.01. The lowest BCUT2D eigenvalue weighted by atomic mass is 10.1. The quantitative estimate of drug-likeness (QED) is 0.778. The number of halogens is 1. The molecule has 3 rings (SSSR count). The summed E-state index contributed by atoms with van der Waals surface area (Å²) in [5.74, 6) is 0.409. The molecule has 2 aromatic rings. The minimum Gasteiger partial charge on any atom is -0.465 e. The molecule has 1 aliphatic heterocycles. The number of carbonyl (C=O) groups is 1. The Labute approximate surface area is 124 Å². The number of hydrogen-bond acceptors (Lipinski definition) is 4. The maximum atomic E-state index is 12.1. The van der Waals surface area contributed by atoms with Crippen molar-refractivity contribution in [3.8, 4) is 11.4 Å². The van der Waals surface area contributed by atoms with Crippen molar-refractivity contribution in [3.63, 3.8) is 0 Å². The van der Waals surface area contributed by atoms with Gasteiger partial charge < -0.3 is 15.0 Å². The van der Waals surface area contributed by atoms with Crippen LogP contribution in [0.5, 0.6) is 0 Å². The number of nitrogens with zero attached hydrogens (tertiary/aromatic N) is 3. The summed E-state index contributed by atoms with van der Waals surface area (Å²) in [6.45, 7) is 0.392. The molecule has 0 unspecified atom stereocenters. The standard InChI is InChI=1S/C13H11ClN4O3/c14-10-2-1-7(5-15-10)11-16-9-3-4-18(13(20)21)6-8(9)12(19)17-11/h1-2,5H,3-4,6H2,(H,20,21)(H,16,17,19). The van der Waals surface area contributed by atoms with E-state index in [4.69, 9.17) is 16.7 Å². The molecule has 0 bridgehead atoms. The van der Waals surface area contributed by atoms with Crippen LogP contribution in [0.4, 0.5) is 4.79 Å². The highest BCUT2D eigenvalue weighted by atomic mass is 35.5. The number of fused-ring (bicyclic) bond motifs is 1. The summed E-state index contributed by atoms with van der Waals surface area (Å²) in [5, 5.41) is 9.34. The first kappa shape index (κ1) is 13.6. The average molecular weight is 307 g/mol. The molecular weight excluding hydrogens is 296 g/mol. The highest BCUT2D eigenvalue weighted by Gasteiger charge is 2.24. The third kappa shape index (κ3) is 2.59. The van der Waals surface area contributed by atoms with Gasteiger partial charge in [0.25, 0.3) is 5.56 Å². The Kier molecular flexibility index (Phi) is 3.34. The Morgan fingerprint density at radius 2 is 2.24 bits per heavy atom. The van der Waals surface area contributed by atoms with E-state index in [1.807, 2.05) is 0 Å². The van der Waals surface area contributed by atoms with E-state index >= 15 is 0 Å².